The summed E-state index contributed by atoms with van der Waals surface area (Å²) in [6, 6.07) is 0. The Morgan fingerprint density at radius 1 is 1.00 bits per heavy atom. The van der Waals surface area contributed by atoms with E-state index in [0.717, 1.165) is 14.0 Å². The van der Waals surface area contributed by atoms with Gasteiger partial charge in [0, 0.05) is 21.3 Å². The molecule has 0 saturated heterocycles. The molecule has 0 radical (unpaired) electrons. The second-order valence-electron chi connectivity index (χ2n) is 4.22. The zero-order chi connectivity index (χ0) is 16.4. The summed E-state index contributed by atoms with van der Waals surface area (Å²) in [6.45, 7) is 1.15. The minimum atomic E-state index is -2.43. The molecule has 0 bridgehead atoms. The smallest absolute Gasteiger partial charge is 0.292 e. The molecule has 120 valence electrons. The van der Waals surface area contributed by atoms with E-state index in [2.05, 4.69) is 0 Å². The summed E-state index contributed by atoms with van der Waals surface area (Å²) in [5.41, 5.74) is -0.466. The number of hydrogen-bond donors (Lipinski definition) is 2. The van der Waals surface area contributed by atoms with Gasteiger partial charge in [-0.3, -0.25) is 4.79 Å². The summed E-state index contributed by atoms with van der Waals surface area (Å²) in [6.07, 6.45) is 0. The Morgan fingerprint density at radius 3 is 1.81 bits per heavy atom. The largest absolute Gasteiger partial charge is 0.504 e. The first kappa shape index (κ1) is 17.4. The van der Waals surface area contributed by atoms with Gasteiger partial charge in [0.25, 0.3) is 11.6 Å². The monoisotopic (exact) mass is 304 g/mol. The van der Waals surface area contributed by atoms with Crippen LogP contribution in [-0.4, -0.2) is 63.1 Å². The minimum Gasteiger partial charge on any atom is -0.504 e. The third kappa shape index (κ3) is 2.11. The minimum absolute atomic E-state index is 0.179. The van der Waals surface area contributed by atoms with Crippen LogP contribution in [0.15, 0.2) is 22.9 Å². The van der Waals surface area contributed by atoms with Gasteiger partial charge in [0.1, 0.15) is 5.57 Å². The van der Waals surface area contributed by atoms with Crippen LogP contribution >= 0.6 is 0 Å². The quantitative estimate of drug-likeness (QED) is 0.672. The second kappa shape index (κ2) is 6.02. The van der Waals surface area contributed by atoms with Crippen LogP contribution in [0, 0.1) is 0 Å². The van der Waals surface area contributed by atoms with Crippen molar-refractivity contribution in [3.63, 3.8) is 0 Å². The van der Waals surface area contributed by atoms with Gasteiger partial charge in [-0.05, 0) is 6.92 Å². The zero-order valence-electron chi connectivity index (χ0n) is 12.8. The maximum Gasteiger partial charge on any atom is 0.292 e. The summed E-state index contributed by atoms with van der Waals surface area (Å²) in [5, 5.41) is 21.1. The zero-order valence-corrected chi connectivity index (χ0v) is 12.8. The van der Waals surface area contributed by atoms with E-state index in [-0.39, 0.29) is 11.5 Å². The van der Waals surface area contributed by atoms with Gasteiger partial charge in [0.15, 0.2) is 11.5 Å². The maximum atomic E-state index is 11.9. The van der Waals surface area contributed by atoms with Crippen LogP contribution in [-0.2, 0) is 28.5 Å². The SMILES string of the molecule is COC1=C(OC)C(OC)(OC)C(O)(OC)C(C(C)=O)=C1O. The van der Waals surface area contributed by atoms with Crippen LogP contribution in [0.1, 0.15) is 6.92 Å². The van der Waals surface area contributed by atoms with Crippen LogP contribution < -0.4 is 0 Å². The Kier molecular flexibility index (Phi) is 5.00. The molecule has 1 rings (SSSR count). The van der Waals surface area contributed by atoms with E-state index in [1.54, 1.807) is 0 Å². The molecule has 0 saturated carbocycles. The van der Waals surface area contributed by atoms with Gasteiger partial charge in [-0.25, -0.2) is 0 Å². The molecule has 0 spiro atoms. The number of aliphatic hydroxyl groups excluding tert-OH is 1. The molecular formula is C13H20O8. The number of carbonyl (C=O) groups excluding carboxylic acids is 1. The third-order valence-corrected chi connectivity index (χ3v) is 3.37. The molecule has 2 N–H and O–H groups in total. The maximum absolute atomic E-state index is 11.9. The molecule has 0 fully saturated rings. The lowest BCUT2D eigenvalue weighted by Gasteiger charge is -2.46. The summed E-state index contributed by atoms with van der Waals surface area (Å²) in [4.78, 5) is 11.9. The molecule has 21 heavy (non-hydrogen) atoms. The first-order valence-electron chi connectivity index (χ1n) is 5.96. The first-order valence-corrected chi connectivity index (χ1v) is 5.96. The van der Waals surface area contributed by atoms with E-state index < -0.39 is 28.7 Å². The van der Waals surface area contributed by atoms with Gasteiger partial charge < -0.3 is 33.9 Å². The van der Waals surface area contributed by atoms with E-state index in [1.165, 1.54) is 28.4 Å². The van der Waals surface area contributed by atoms with E-state index in [4.69, 9.17) is 23.7 Å². The Hall–Kier alpha value is -1.61. The number of ether oxygens (including phenoxy) is 5. The van der Waals surface area contributed by atoms with Crippen molar-refractivity contribution in [2.75, 3.05) is 35.5 Å². The molecule has 1 aliphatic rings. The second-order valence-corrected chi connectivity index (χ2v) is 4.22. The van der Waals surface area contributed by atoms with Crippen LogP contribution in [0.25, 0.3) is 0 Å². The Balaban J connectivity index is 3.88. The normalized spacial score (nSPS) is 25.1. The predicted octanol–water partition coefficient (Wildman–Crippen LogP) is 0.230. The molecule has 8 nitrogen and oxygen atoms in total. The van der Waals surface area contributed by atoms with Gasteiger partial charge in [-0.15, -0.1) is 0 Å². The Morgan fingerprint density at radius 2 is 1.52 bits per heavy atom. The fraction of sp³-hybridized carbons (Fsp3) is 0.615. The van der Waals surface area contributed by atoms with Crippen molar-refractivity contribution in [2.45, 2.75) is 18.5 Å². The topological polar surface area (TPSA) is 104 Å². The Labute approximate surface area is 122 Å². The number of hydrogen-bond acceptors (Lipinski definition) is 8. The van der Waals surface area contributed by atoms with Crippen molar-refractivity contribution >= 4 is 5.78 Å². The van der Waals surface area contributed by atoms with Gasteiger partial charge in [0.05, 0.1) is 14.2 Å². The fourth-order valence-corrected chi connectivity index (χ4v) is 2.45. The van der Waals surface area contributed by atoms with E-state index in [9.17, 15) is 15.0 Å². The van der Waals surface area contributed by atoms with Crippen molar-refractivity contribution in [1.82, 2.24) is 0 Å². The molecule has 0 aromatic rings. The van der Waals surface area contributed by atoms with Gasteiger partial charge in [0.2, 0.25) is 11.5 Å². The van der Waals surface area contributed by atoms with Crippen molar-refractivity contribution in [2.24, 2.45) is 0 Å². The Bertz CT molecular complexity index is 488. The summed E-state index contributed by atoms with van der Waals surface area (Å²) >= 11 is 0. The molecule has 1 unspecified atom stereocenters. The van der Waals surface area contributed by atoms with E-state index in [1.807, 2.05) is 0 Å². The lowest BCUT2D eigenvalue weighted by atomic mass is 9.85. The molecule has 0 amide bonds. The number of ketones is 1. The number of aliphatic hydroxyl groups is 2. The van der Waals surface area contributed by atoms with Crippen LogP contribution in [0.2, 0.25) is 0 Å². The molecule has 0 heterocycles. The van der Waals surface area contributed by atoms with E-state index >= 15 is 0 Å². The van der Waals surface area contributed by atoms with Crippen molar-refractivity contribution in [3.05, 3.63) is 22.9 Å². The van der Waals surface area contributed by atoms with Crippen molar-refractivity contribution < 1.29 is 38.7 Å². The lowest BCUT2D eigenvalue weighted by molar-refractivity contribution is -0.359. The number of methoxy groups -OCH3 is 5. The number of carbonyl (C=O) groups is 1. The highest BCUT2D eigenvalue weighted by molar-refractivity contribution is 5.97. The van der Waals surface area contributed by atoms with Gasteiger partial charge >= 0.3 is 0 Å². The molecule has 0 aliphatic heterocycles. The highest BCUT2D eigenvalue weighted by Crippen LogP contribution is 2.47. The standard InChI is InChI=1S/C13H20O8/c1-7(14)8-9(15)10(17-2)11(18-3)13(20-5,21-6)12(8,16)19-4/h15-16H,1-6H3. The average molecular weight is 304 g/mol. The predicted molar refractivity (Wildman–Crippen MR) is 70.1 cm³/mol. The summed E-state index contributed by atoms with van der Waals surface area (Å²) < 4.78 is 25.7. The van der Waals surface area contributed by atoms with Crippen LogP contribution in [0.5, 0.6) is 0 Å². The molecule has 0 aromatic heterocycles. The van der Waals surface area contributed by atoms with E-state index in [0.29, 0.717) is 0 Å². The summed E-state index contributed by atoms with van der Waals surface area (Å²) in [5.74, 6) is -6.11. The van der Waals surface area contributed by atoms with Crippen molar-refractivity contribution in [3.8, 4) is 0 Å². The molecule has 1 aliphatic carbocycles. The number of rotatable bonds is 6. The molecule has 1 atom stereocenters. The fourth-order valence-electron chi connectivity index (χ4n) is 2.45. The van der Waals surface area contributed by atoms with Crippen molar-refractivity contribution in [1.29, 1.82) is 0 Å². The first-order chi connectivity index (χ1) is 9.81. The van der Waals surface area contributed by atoms with Crippen LogP contribution in [0.4, 0.5) is 0 Å². The van der Waals surface area contributed by atoms with Gasteiger partial charge in [-0.1, -0.05) is 0 Å². The summed E-state index contributed by atoms with van der Waals surface area (Å²) in [7, 11) is 6.10. The highest BCUT2D eigenvalue weighted by atomic mass is 16.8. The highest BCUT2D eigenvalue weighted by Gasteiger charge is 2.66. The molecule has 8 heteroatoms. The third-order valence-electron chi connectivity index (χ3n) is 3.37. The average Bonchev–Trinajstić information content (AvgIpc) is 2.46. The van der Waals surface area contributed by atoms with Gasteiger partial charge in [-0.2, -0.15) is 0 Å². The molecular weight excluding hydrogens is 284 g/mol. The molecule has 0 aromatic carbocycles. The van der Waals surface area contributed by atoms with Crippen LogP contribution in [0.3, 0.4) is 0 Å². The lowest BCUT2D eigenvalue weighted by Crippen LogP contribution is -2.64. The number of Topliss-reactive ketones (excluding diaryl/α,β-unsaturated/α-hetero) is 1.